The molecule has 0 aromatic heterocycles. The van der Waals surface area contributed by atoms with Crippen molar-refractivity contribution in [1.29, 1.82) is 0 Å². The Morgan fingerprint density at radius 3 is 2.27 bits per heavy atom. The first kappa shape index (κ1) is 11.4. The molecule has 88 valence electrons. The van der Waals surface area contributed by atoms with Crippen molar-refractivity contribution in [1.82, 2.24) is 0 Å². The highest BCUT2D eigenvalue weighted by Gasteiger charge is 2.41. The van der Waals surface area contributed by atoms with E-state index in [0.717, 1.165) is 5.92 Å². The van der Waals surface area contributed by atoms with Gasteiger partial charge in [-0.15, -0.1) is 0 Å². The first-order valence-corrected chi connectivity index (χ1v) is 6.50. The third-order valence-corrected chi connectivity index (χ3v) is 4.64. The Labute approximate surface area is 93.6 Å². The van der Waals surface area contributed by atoms with Crippen molar-refractivity contribution in [2.45, 2.75) is 64.7 Å². The summed E-state index contributed by atoms with van der Waals surface area (Å²) in [4.78, 5) is 0. The van der Waals surface area contributed by atoms with Crippen molar-refractivity contribution in [2.24, 2.45) is 23.5 Å². The van der Waals surface area contributed by atoms with Gasteiger partial charge in [0.25, 0.3) is 0 Å². The second-order valence-corrected chi connectivity index (χ2v) is 5.68. The first-order valence-electron chi connectivity index (χ1n) is 6.50. The Balaban J connectivity index is 1.90. The van der Waals surface area contributed by atoms with Gasteiger partial charge in [0.15, 0.2) is 0 Å². The van der Waals surface area contributed by atoms with Crippen LogP contribution in [-0.4, -0.2) is 18.2 Å². The van der Waals surface area contributed by atoms with Crippen LogP contribution in [0.25, 0.3) is 0 Å². The zero-order valence-corrected chi connectivity index (χ0v) is 10.3. The highest BCUT2D eigenvalue weighted by Crippen LogP contribution is 2.38. The smallest absolute Gasteiger partial charge is 0.0597 e. The van der Waals surface area contributed by atoms with Crippen LogP contribution in [0.2, 0.25) is 0 Å². The Hall–Kier alpha value is -0.0800. The zero-order chi connectivity index (χ0) is 11.0. The molecule has 2 heteroatoms. The summed E-state index contributed by atoms with van der Waals surface area (Å²) in [6.45, 7) is 6.65. The van der Waals surface area contributed by atoms with Gasteiger partial charge in [-0.05, 0) is 32.1 Å². The number of hydrogen-bond acceptors (Lipinski definition) is 2. The molecule has 1 aliphatic heterocycles. The maximum atomic E-state index is 6.35. The lowest BCUT2D eigenvalue weighted by atomic mass is 9.75. The van der Waals surface area contributed by atoms with E-state index < -0.39 is 0 Å². The lowest BCUT2D eigenvalue weighted by Crippen LogP contribution is -2.40. The van der Waals surface area contributed by atoms with Gasteiger partial charge in [-0.1, -0.05) is 26.2 Å². The summed E-state index contributed by atoms with van der Waals surface area (Å²) in [5.41, 5.74) is 6.35. The summed E-state index contributed by atoms with van der Waals surface area (Å²) in [5.74, 6) is 2.10. The van der Waals surface area contributed by atoms with Crippen molar-refractivity contribution in [2.75, 3.05) is 0 Å². The molecule has 2 aliphatic rings. The second kappa shape index (κ2) is 4.42. The van der Waals surface area contributed by atoms with E-state index in [2.05, 4.69) is 20.8 Å². The predicted molar refractivity (Wildman–Crippen MR) is 62.6 cm³/mol. The lowest BCUT2D eigenvalue weighted by molar-refractivity contribution is 0.0475. The number of hydrogen-bond donors (Lipinski definition) is 1. The number of rotatable bonds is 3. The first-order chi connectivity index (χ1) is 7.09. The van der Waals surface area contributed by atoms with Crippen molar-refractivity contribution < 1.29 is 4.74 Å². The topological polar surface area (TPSA) is 35.2 Å². The Kier molecular flexibility index (Phi) is 3.36. The maximum Gasteiger partial charge on any atom is 0.0597 e. The molecule has 2 fully saturated rings. The fourth-order valence-electron chi connectivity index (χ4n) is 3.30. The molecule has 1 heterocycles. The van der Waals surface area contributed by atoms with Crippen LogP contribution in [0.3, 0.4) is 0 Å². The molecule has 15 heavy (non-hydrogen) atoms. The van der Waals surface area contributed by atoms with Gasteiger partial charge in [0, 0.05) is 12.0 Å². The summed E-state index contributed by atoms with van der Waals surface area (Å²) in [6, 6.07) is 0.352. The van der Waals surface area contributed by atoms with Crippen molar-refractivity contribution >= 4 is 0 Å². The van der Waals surface area contributed by atoms with Crippen LogP contribution >= 0.6 is 0 Å². The third kappa shape index (κ3) is 2.21. The molecule has 5 atom stereocenters. The minimum Gasteiger partial charge on any atom is -0.375 e. The molecule has 2 nitrogen and oxygen atoms in total. The monoisotopic (exact) mass is 211 g/mol. The highest BCUT2D eigenvalue weighted by atomic mass is 16.5. The molecular weight excluding hydrogens is 186 g/mol. The Bertz CT molecular complexity index is 215. The van der Waals surface area contributed by atoms with E-state index >= 15 is 0 Å². The summed E-state index contributed by atoms with van der Waals surface area (Å²) >= 11 is 0. The van der Waals surface area contributed by atoms with Gasteiger partial charge < -0.3 is 10.5 Å². The van der Waals surface area contributed by atoms with Crippen LogP contribution in [0.15, 0.2) is 0 Å². The molecule has 0 aromatic carbocycles. The van der Waals surface area contributed by atoms with E-state index in [0.29, 0.717) is 30.1 Å². The molecule has 5 unspecified atom stereocenters. The van der Waals surface area contributed by atoms with Gasteiger partial charge in [-0.3, -0.25) is 0 Å². The molecule has 0 spiro atoms. The standard InChI is InChI=1S/C13H25NO/c1-8-9(2)15-10(3)13(8)12(14)7-11-5-4-6-11/h8-13H,4-7,14H2,1-3H3. The maximum absolute atomic E-state index is 6.35. The average molecular weight is 211 g/mol. The van der Waals surface area contributed by atoms with Crippen LogP contribution in [-0.2, 0) is 4.74 Å². The van der Waals surface area contributed by atoms with Crippen LogP contribution < -0.4 is 5.73 Å². The van der Waals surface area contributed by atoms with E-state index in [9.17, 15) is 0 Å². The SMILES string of the molecule is CC1OC(C)C(C(N)CC2CCC2)C1C. The van der Waals surface area contributed by atoms with Crippen LogP contribution in [0.1, 0.15) is 46.5 Å². The van der Waals surface area contributed by atoms with Crippen molar-refractivity contribution in [3.8, 4) is 0 Å². The number of nitrogens with two attached hydrogens (primary N) is 1. The minimum atomic E-state index is 0.352. The molecule has 1 saturated heterocycles. The van der Waals surface area contributed by atoms with Crippen LogP contribution in [0.4, 0.5) is 0 Å². The fraction of sp³-hybridized carbons (Fsp3) is 1.00. The summed E-state index contributed by atoms with van der Waals surface area (Å²) in [6.07, 6.45) is 6.18. The van der Waals surface area contributed by atoms with E-state index in [1.807, 2.05) is 0 Å². The van der Waals surface area contributed by atoms with Gasteiger partial charge in [-0.25, -0.2) is 0 Å². The number of ether oxygens (including phenoxy) is 1. The van der Waals surface area contributed by atoms with E-state index in [-0.39, 0.29) is 0 Å². The normalized spacial score (nSPS) is 44.0. The van der Waals surface area contributed by atoms with Crippen LogP contribution in [0, 0.1) is 17.8 Å². The van der Waals surface area contributed by atoms with Crippen molar-refractivity contribution in [3.63, 3.8) is 0 Å². The molecule has 0 bridgehead atoms. The second-order valence-electron chi connectivity index (χ2n) is 5.68. The molecule has 0 amide bonds. The average Bonchev–Trinajstić information content (AvgIpc) is 2.34. The van der Waals surface area contributed by atoms with Crippen LogP contribution in [0.5, 0.6) is 0 Å². The molecule has 1 aliphatic carbocycles. The third-order valence-electron chi connectivity index (χ3n) is 4.64. The highest BCUT2D eigenvalue weighted by molar-refractivity contribution is 4.91. The molecule has 2 N–H and O–H groups in total. The van der Waals surface area contributed by atoms with Gasteiger partial charge in [0.05, 0.1) is 12.2 Å². The van der Waals surface area contributed by atoms with Crippen molar-refractivity contribution in [3.05, 3.63) is 0 Å². The Morgan fingerprint density at radius 1 is 1.20 bits per heavy atom. The molecular formula is C13H25NO. The summed E-state index contributed by atoms with van der Waals surface area (Å²) in [7, 11) is 0. The Morgan fingerprint density at radius 2 is 1.87 bits per heavy atom. The van der Waals surface area contributed by atoms with Gasteiger partial charge in [0.1, 0.15) is 0 Å². The molecule has 0 radical (unpaired) electrons. The summed E-state index contributed by atoms with van der Waals surface area (Å²) in [5, 5.41) is 0. The van der Waals surface area contributed by atoms with Gasteiger partial charge >= 0.3 is 0 Å². The quantitative estimate of drug-likeness (QED) is 0.778. The lowest BCUT2D eigenvalue weighted by Gasteiger charge is -2.33. The van der Waals surface area contributed by atoms with E-state index in [1.165, 1.54) is 25.7 Å². The predicted octanol–water partition coefficient (Wildman–Crippen LogP) is 2.56. The van der Waals surface area contributed by atoms with Gasteiger partial charge in [-0.2, -0.15) is 0 Å². The fourth-order valence-corrected chi connectivity index (χ4v) is 3.30. The van der Waals surface area contributed by atoms with E-state index in [4.69, 9.17) is 10.5 Å². The molecule has 1 saturated carbocycles. The largest absolute Gasteiger partial charge is 0.375 e. The zero-order valence-electron chi connectivity index (χ0n) is 10.3. The van der Waals surface area contributed by atoms with Gasteiger partial charge in [0.2, 0.25) is 0 Å². The van der Waals surface area contributed by atoms with E-state index in [1.54, 1.807) is 0 Å². The summed E-state index contributed by atoms with van der Waals surface area (Å²) < 4.78 is 5.86. The molecule has 0 aromatic rings. The molecule has 2 rings (SSSR count). The minimum absolute atomic E-state index is 0.352.